The van der Waals surface area contributed by atoms with E-state index in [0.717, 1.165) is 12.1 Å². The molecule has 2 aromatic carbocycles. The molecule has 0 amide bonds. The number of nitrogens with one attached hydrogen (secondary N) is 1. The molecule has 0 radical (unpaired) electrons. The average molecular weight is 265 g/mol. The van der Waals surface area contributed by atoms with Crippen LogP contribution in [0, 0.1) is 0 Å². The molecule has 0 aromatic heterocycles. The summed E-state index contributed by atoms with van der Waals surface area (Å²) in [5.41, 5.74) is 4.96. The highest BCUT2D eigenvalue weighted by Crippen LogP contribution is 2.29. The first-order valence-corrected chi connectivity index (χ1v) is 7.05. The predicted octanol–water partition coefficient (Wildman–Crippen LogP) is 5.11. The molecule has 0 heterocycles. The predicted molar refractivity (Wildman–Crippen MR) is 89.1 cm³/mol. The fraction of sp³-hybridized carbons (Fsp3) is 0.263. The zero-order chi connectivity index (χ0) is 14.6. The molecule has 2 aromatic rings. The maximum atomic E-state index is 4.17. The molecule has 1 N–H and O–H groups in total. The minimum absolute atomic E-state index is 0.137. The normalized spacial score (nSPS) is 11.2. The molecule has 1 heteroatoms. The van der Waals surface area contributed by atoms with Crippen molar-refractivity contribution >= 4 is 11.3 Å². The van der Waals surface area contributed by atoms with Gasteiger partial charge in [0.2, 0.25) is 0 Å². The van der Waals surface area contributed by atoms with Gasteiger partial charge >= 0.3 is 0 Å². The largest absolute Gasteiger partial charge is 0.381 e. The molecule has 0 bridgehead atoms. The number of rotatable bonds is 4. The Kier molecular flexibility index (Phi) is 4.29. The molecule has 2 rings (SSSR count). The van der Waals surface area contributed by atoms with Crippen LogP contribution in [-0.4, -0.2) is 6.54 Å². The second kappa shape index (κ2) is 5.96. The summed E-state index contributed by atoms with van der Waals surface area (Å²) in [6.45, 7) is 11.6. The maximum absolute atomic E-state index is 4.17. The average Bonchev–Trinajstić information content (AvgIpc) is 2.45. The SMILES string of the molecule is C=C(CNc1ccccc1C(C)(C)C)c1ccccc1. The second-order valence-electron chi connectivity index (χ2n) is 6.12. The lowest BCUT2D eigenvalue weighted by molar-refractivity contribution is 0.592. The molecule has 0 aliphatic carbocycles. The van der Waals surface area contributed by atoms with E-state index in [9.17, 15) is 0 Å². The van der Waals surface area contributed by atoms with Gasteiger partial charge in [0.05, 0.1) is 0 Å². The summed E-state index contributed by atoms with van der Waals surface area (Å²) in [5, 5.41) is 3.52. The molecule has 1 nitrogen and oxygen atoms in total. The lowest BCUT2D eigenvalue weighted by Gasteiger charge is -2.23. The van der Waals surface area contributed by atoms with Gasteiger partial charge in [-0.05, 0) is 28.2 Å². The van der Waals surface area contributed by atoms with Gasteiger partial charge in [0.1, 0.15) is 0 Å². The Morgan fingerprint density at radius 1 is 0.950 bits per heavy atom. The van der Waals surface area contributed by atoms with Crippen LogP contribution in [0.5, 0.6) is 0 Å². The molecular formula is C19H23N. The Balaban J connectivity index is 2.11. The Labute approximate surface area is 122 Å². The highest BCUT2D eigenvalue weighted by molar-refractivity contribution is 5.68. The summed E-state index contributed by atoms with van der Waals surface area (Å²) in [6, 6.07) is 18.8. The van der Waals surface area contributed by atoms with E-state index in [-0.39, 0.29) is 5.41 Å². The van der Waals surface area contributed by atoms with Crippen LogP contribution < -0.4 is 5.32 Å². The minimum atomic E-state index is 0.137. The van der Waals surface area contributed by atoms with Crippen LogP contribution in [0.1, 0.15) is 31.9 Å². The van der Waals surface area contributed by atoms with Crippen LogP contribution in [0.15, 0.2) is 61.2 Å². The zero-order valence-corrected chi connectivity index (χ0v) is 12.6. The molecule has 0 aliphatic rings. The van der Waals surface area contributed by atoms with Crippen molar-refractivity contribution in [3.63, 3.8) is 0 Å². The molecule has 0 saturated heterocycles. The van der Waals surface area contributed by atoms with Crippen LogP contribution in [0.25, 0.3) is 5.57 Å². The summed E-state index contributed by atoms with van der Waals surface area (Å²) in [6.07, 6.45) is 0. The van der Waals surface area contributed by atoms with E-state index in [0.29, 0.717) is 0 Å². The van der Waals surface area contributed by atoms with Crippen LogP contribution in [0.4, 0.5) is 5.69 Å². The maximum Gasteiger partial charge on any atom is 0.0400 e. The van der Waals surface area contributed by atoms with E-state index in [4.69, 9.17) is 0 Å². The summed E-state index contributed by atoms with van der Waals surface area (Å²) < 4.78 is 0. The lowest BCUT2D eigenvalue weighted by Crippen LogP contribution is -2.15. The van der Waals surface area contributed by atoms with Gasteiger partial charge in [-0.15, -0.1) is 0 Å². The number of hydrogen-bond donors (Lipinski definition) is 1. The molecule has 0 fully saturated rings. The Morgan fingerprint density at radius 2 is 1.55 bits per heavy atom. The molecular weight excluding hydrogens is 242 g/mol. The standard InChI is InChI=1S/C19H23N/c1-15(16-10-6-5-7-11-16)14-20-18-13-9-8-12-17(18)19(2,3)4/h5-13,20H,1,14H2,2-4H3. The van der Waals surface area contributed by atoms with Crippen molar-refractivity contribution in [1.29, 1.82) is 0 Å². The first kappa shape index (κ1) is 14.4. The molecule has 0 unspecified atom stereocenters. The van der Waals surface area contributed by atoms with Crippen LogP contribution in [0.3, 0.4) is 0 Å². The smallest absolute Gasteiger partial charge is 0.0400 e. The number of anilines is 1. The quantitative estimate of drug-likeness (QED) is 0.810. The summed E-state index contributed by atoms with van der Waals surface area (Å²) in [5.74, 6) is 0. The van der Waals surface area contributed by atoms with Gasteiger partial charge in [-0.1, -0.05) is 75.9 Å². The fourth-order valence-corrected chi connectivity index (χ4v) is 2.27. The number of para-hydroxylation sites is 1. The van der Waals surface area contributed by atoms with Crippen molar-refractivity contribution in [2.45, 2.75) is 26.2 Å². The molecule has 0 spiro atoms. The van der Waals surface area contributed by atoms with E-state index < -0.39 is 0 Å². The van der Waals surface area contributed by atoms with E-state index in [2.05, 4.69) is 69.1 Å². The molecule has 0 aliphatic heterocycles. The van der Waals surface area contributed by atoms with Crippen LogP contribution in [0.2, 0.25) is 0 Å². The number of hydrogen-bond acceptors (Lipinski definition) is 1. The third-order valence-electron chi connectivity index (χ3n) is 3.41. The highest BCUT2D eigenvalue weighted by Gasteiger charge is 2.17. The summed E-state index contributed by atoms with van der Waals surface area (Å²) in [4.78, 5) is 0. The third-order valence-corrected chi connectivity index (χ3v) is 3.41. The van der Waals surface area contributed by atoms with Gasteiger partial charge in [-0.25, -0.2) is 0 Å². The topological polar surface area (TPSA) is 12.0 Å². The first-order chi connectivity index (χ1) is 9.48. The van der Waals surface area contributed by atoms with E-state index in [1.165, 1.54) is 16.8 Å². The van der Waals surface area contributed by atoms with Gasteiger partial charge in [-0.3, -0.25) is 0 Å². The third kappa shape index (κ3) is 3.51. The zero-order valence-electron chi connectivity index (χ0n) is 12.6. The van der Waals surface area contributed by atoms with E-state index in [1.54, 1.807) is 0 Å². The van der Waals surface area contributed by atoms with Gasteiger partial charge in [-0.2, -0.15) is 0 Å². The van der Waals surface area contributed by atoms with Crippen molar-refractivity contribution in [2.75, 3.05) is 11.9 Å². The monoisotopic (exact) mass is 265 g/mol. The molecule has 0 atom stereocenters. The van der Waals surface area contributed by atoms with Crippen molar-refractivity contribution in [3.05, 3.63) is 72.3 Å². The lowest BCUT2D eigenvalue weighted by atomic mass is 9.86. The van der Waals surface area contributed by atoms with Crippen molar-refractivity contribution in [1.82, 2.24) is 0 Å². The number of benzene rings is 2. The second-order valence-corrected chi connectivity index (χ2v) is 6.12. The molecule has 0 saturated carbocycles. The van der Waals surface area contributed by atoms with Crippen LogP contribution in [-0.2, 0) is 5.41 Å². The van der Waals surface area contributed by atoms with Gasteiger partial charge < -0.3 is 5.32 Å². The van der Waals surface area contributed by atoms with Crippen molar-refractivity contribution < 1.29 is 0 Å². The van der Waals surface area contributed by atoms with E-state index >= 15 is 0 Å². The van der Waals surface area contributed by atoms with Crippen molar-refractivity contribution in [2.24, 2.45) is 0 Å². The Morgan fingerprint density at radius 3 is 2.20 bits per heavy atom. The highest BCUT2D eigenvalue weighted by atomic mass is 14.9. The van der Waals surface area contributed by atoms with E-state index in [1.807, 2.05) is 18.2 Å². The first-order valence-electron chi connectivity index (χ1n) is 7.05. The minimum Gasteiger partial charge on any atom is -0.381 e. The van der Waals surface area contributed by atoms with Gasteiger partial charge in [0.15, 0.2) is 0 Å². The molecule has 20 heavy (non-hydrogen) atoms. The summed E-state index contributed by atoms with van der Waals surface area (Å²) in [7, 11) is 0. The Bertz CT molecular complexity index is 576. The van der Waals surface area contributed by atoms with Crippen LogP contribution >= 0.6 is 0 Å². The van der Waals surface area contributed by atoms with Gasteiger partial charge in [0.25, 0.3) is 0 Å². The fourth-order valence-electron chi connectivity index (χ4n) is 2.27. The Hall–Kier alpha value is -2.02. The van der Waals surface area contributed by atoms with Gasteiger partial charge in [0, 0.05) is 12.2 Å². The van der Waals surface area contributed by atoms with Crippen molar-refractivity contribution in [3.8, 4) is 0 Å². The molecule has 104 valence electrons. The summed E-state index contributed by atoms with van der Waals surface area (Å²) >= 11 is 0.